The minimum Gasteiger partial charge on any atom is -0.481 e. The fraction of sp³-hybridized carbons (Fsp3) is 0.952. The second-order valence-corrected chi connectivity index (χ2v) is 8.21. The molecule has 0 aromatic rings. The molecule has 0 aromatic carbocycles. The van der Waals surface area contributed by atoms with Gasteiger partial charge in [0, 0.05) is 0 Å². The summed E-state index contributed by atoms with van der Waals surface area (Å²) in [4.78, 5) is 10.0. The van der Waals surface area contributed by atoms with Crippen LogP contribution in [0, 0.1) is 5.41 Å². The summed E-state index contributed by atoms with van der Waals surface area (Å²) in [7, 11) is 0. The highest BCUT2D eigenvalue weighted by atomic mass is 16.4. The van der Waals surface area contributed by atoms with Crippen LogP contribution in [-0.4, -0.2) is 41.7 Å². The van der Waals surface area contributed by atoms with Crippen LogP contribution in [0.5, 0.6) is 0 Å². The van der Waals surface area contributed by atoms with E-state index in [1.165, 1.54) is 82.0 Å². The molecule has 0 aromatic heterocycles. The lowest BCUT2D eigenvalue weighted by molar-refractivity contribution is -0.929. The number of nitrogens with zero attached hydrogens (tertiary/aromatic N) is 1. The number of hydrogen-bond acceptors (Lipinski definition) is 1. The zero-order valence-electron chi connectivity index (χ0n) is 17.8. The highest BCUT2D eigenvalue weighted by molar-refractivity contribution is 5.72. The number of rotatable bonds is 12. The molecule has 3 nitrogen and oxygen atoms in total. The highest BCUT2D eigenvalue weighted by Crippen LogP contribution is 2.16. The van der Waals surface area contributed by atoms with Gasteiger partial charge in [-0.05, 0) is 46.5 Å². The third-order valence-electron chi connectivity index (χ3n) is 4.59. The Morgan fingerprint density at radius 1 is 0.708 bits per heavy atom. The van der Waals surface area contributed by atoms with E-state index >= 15 is 0 Å². The Morgan fingerprint density at radius 3 is 1.04 bits per heavy atom. The maximum atomic E-state index is 10.0. The molecule has 0 saturated heterocycles. The summed E-state index contributed by atoms with van der Waals surface area (Å²) in [6, 6.07) is 0. The monoisotopic (exact) mass is 344 g/mol. The van der Waals surface area contributed by atoms with Crippen molar-refractivity contribution in [3.05, 3.63) is 0 Å². The maximum absolute atomic E-state index is 10.0. The van der Waals surface area contributed by atoms with Gasteiger partial charge >= 0.3 is 5.97 Å². The number of carbonyl (C=O) groups is 1. The summed E-state index contributed by atoms with van der Waals surface area (Å²) in [5, 5.41) is 8.25. The van der Waals surface area contributed by atoms with Crippen LogP contribution in [0.2, 0.25) is 0 Å². The standard InChI is InChI=1S/C16H36N.C5H10O2/c1-5-9-13-17(14-10-6-2,15-11-7-3)16-12-8-4;1-5(2,3)4(6)7/h5-16H2,1-4H3;1-3H3,(H,6,7)/q+1;. The molecule has 0 heterocycles. The van der Waals surface area contributed by atoms with Crippen molar-refractivity contribution >= 4 is 5.97 Å². The van der Waals surface area contributed by atoms with E-state index in [1.807, 2.05) is 0 Å². The fourth-order valence-electron chi connectivity index (χ4n) is 2.64. The fourth-order valence-corrected chi connectivity index (χ4v) is 2.64. The van der Waals surface area contributed by atoms with Gasteiger partial charge in [0.2, 0.25) is 0 Å². The lowest BCUT2D eigenvalue weighted by atomic mass is 9.98. The maximum Gasteiger partial charge on any atom is 0.308 e. The van der Waals surface area contributed by atoms with Crippen LogP contribution >= 0.6 is 0 Å². The van der Waals surface area contributed by atoms with E-state index in [2.05, 4.69) is 27.7 Å². The van der Waals surface area contributed by atoms with Gasteiger partial charge in [0.25, 0.3) is 0 Å². The second kappa shape index (κ2) is 14.7. The minimum absolute atomic E-state index is 0.583. The largest absolute Gasteiger partial charge is 0.481 e. The van der Waals surface area contributed by atoms with Crippen LogP contribution in [0.3, 0.4) is 0 Å². The molecular weight excluding hydrogens is 298 g/mol. The van der Waals surface area contributed by atoms with Crippen LogP contribution in [-0.2, 0) is 4.79 Å². The van der Waals surface area contributed by atoms with Crippen LogP contribution < -0.4 is 0 Å². The number of hydrogen-bond donors (Lipinski definition) is 1. The van der Waals surface area contributed by atoms with Gasteiger partial charge in [-0.25, -0.2) is 0 Å². The van der Waals surface area contributed by atoms with Crippen LogP contribution in [0.4, 0.5) is 0 Å². The molecule has 1 N–H and O–H groups in total. The predicted octanol–water partition coefficient (Wildman–Crippen LogP) is 6.12. The van der Waals surface area contributed by atoms with E-state index < -0.39 is 11.4 Å². The van der Waals surface area contributed by atoms with Gasteiger partial charge in [-0.1, -0.05) is 53.4 Å². The lowest BCUT2D eigenvalue weighted by Gasteiger charge is -2.39. The summed E-state index contributed by atoms with van der Waals surface area (Å²) in [6.07, 6.45) is 11.1. The molecule has 0 atom stereocenters. The zero-order valence-corrected chi connectivity index (χ0v) is 17.8. The summed E-state index contributed by atoms with van der Waals surface area (Å²) in [6.45, 7) is 20.0. The number of carboxylic acids is 1. The van der Waals surface area contributed by atoms with E-state index in [-0.39, 0.29) is 0 Å². The Hall–Kier alpha value is -0.570. The van der Waals surface area contributed by atoms with Crippen molar-refractivity contribution in [2.75, 3.05) is 26.2 Å². The molecule has 146 valence electrons. The molecular formula is C21H46NO2+. The van der Waals surface area contributed by atoms with E-state index in [0.717, 1.165) is 0 Å². The van der Waals surface area contributed by atoms with E-state index in [9.17, 15) is 4.79 Å². The van der Waals surface area contributed by atoms with Crippen molar-refractivity contribution in [3.63, 3.8) is 0 Å². The molecule has 0 amide bonds. The quantitative estimate of drug-likeness (QED) is 0.433. The molecule has 0 bridgehead atoms. The molecule has 0 rings (SSSR count). The third kappa shape index (κ3) is 13.8. The lowest BCUT2D eigenvalue weighted by Crippen LogP contribution is -2.50. The molecule has 24 heavy (non-hydrogen) atoms. The van der Waals surface area contributed by atoms with Gasteiger partial charge in [-0.2, -0.15) is 0 Å². The van der Waals surface area contributed by atoms with Gasteiger partial charge in [-0.3, -0.25) is 4.79 Å². The molecule has 0 aliphatic carbocycles. The van der Waals surface area contributed by atoms with Crippen LogP contribution in [0.15, 0.2) is 0 Å². The van der Waals surface area contributed by atoms with Crippen molar-refractivity contribution in [1.29, 1.82) is 0 Å². The summed E-state index contributed by atoms with van der Waals surface area (Å²) in [5.41, 5.74) is -0.583. The summed E-state index contributed by atoms with van der Waals surface area (Å²) in [5.74, 6) is -0.757. The molecule has 0 aliphatic heterocycles. The van der Waals surface area contributed by atoms with Gasteiger partial charge in [0.1, 0.15) is 0 Å². The number of quaternary nitrogens is 1. The van der Waals surface area contributed by atoms with Crippen molar-refractivity contribution in [2.24, 2.45) is 5.41 Å². The van der Waals surface area contributed by atoms with Crippen LogP contribution in [0.1, 0.15) is 99.8 Å². The van der Waals surface area contributed by atoms with Gasteiger partial charge in [0.15, 0.2) is 0 Å². The smallest absolute Gasteiger partial charge is 0.308 e. The third-order valence-corrected chi connectivity index (χ3v) is 4.59. The Kier molecular flexibility index (Phi) is 15.8. The van der Waals surface area contributed by atoms with E-state index in [0.29, 0.717) is 0 Å². The number of unbranched alkanes of at least 4 members (excludes halogenated alkanes) is 4. The first-order valence-electron chi connectivity index (χ1n) is 10.3. The molecule has 0 unspecified atom stereocenters. The van der Waals surface area contributed by atoms with Gasteiger partial charge < -0.3 is 9.59 Å². The molecule has 0 spiro atoms. The molecule has 0 radical (unpaired) electrons. The predicted molar refractivity (Wildman–Crippen MR) is 106 cm³/mol. The van der Waals surface area contributed by atoms with Crippen molar-refractivity contribution < 1.29 is 14.4 Å². The Balaban J connectivity index is 0. The normalized spacial score (nSPS) is 11.8. The Morgan fingerprint density at radius 2 is 0.917 bits per heavy atom. The first-order chi connectivity index (χ1) is 11.2. The Labute approximate surface area is 152 Å². The zero-order chi connectivity index (χ0) is 19.1. The second-order valence-electron chi connectivity index (χ2n) is 8.21. The number of aliphatic carboxylic acids is 1. The van der Waals surface area contributed by atoms with Gasteiger partial charge in [-0.15, -0.1) is 0 Å². The molecule has 3 heteroatoms. The SMILES string of the molecule is CC(C)(C)C(=O)O.CCCC[N+](CCCC)(CCCC)CCCC. The van der Waals surface area contributed by atoms with E-state index in [1.54, 1.807) is 20.8 Å². The molecule has 0 aliphatic rings. The Bertz CT molecular complexity index is 257. The van der Waals surface area contributed by atoms with Gasteiger partial charge in [0.05, 0.1) is 31.6 Å². The van der Waals surface area contributed by atoms with Crippen molar-refractivity contribution in [2.45, 2.75) is 99.8 Å². The molecule has 0 fully saturated rings. The average Bonchev–Trinajstić information content (AvgIpc) is 2.53. The average molecular weight is 345 g/mol. The summed E-state index contributed by atoms with van der Waals surface area (Å²) >= 11 is 0. The van der Waals surface area contributed by atoms with E-state index in [4.69, 9.17) is 5.11 Å². The molecule has 0 saturated carbocycles. The first-order valence-corrected chi connectivity index (χ1v) is 10.3. The summed E-state index contributed by atoms with van der Waals surface area (Å²) < 4.78 is 1.42. The topological polar surface area (TPSA) is 37.3 Å². The highest BCUT2D eigenvalue weighted by Gasteiger charge is 2.24. The van der Waals surface area contributed by atoms with Crippen molar-refractivity contribution in [3.8, 4) is 0 Å². The minimum atomic E-state index is -0.757. The van der Waals surface area contributed by atoms with Crippen LogP contribution in [0.25, 0.3) is 0 Å². The first kappa shape index (κ1) is 25.7. The number of carboxylic acid groups (broad SMARTS) is 1. The van der Waals surface area contributed by atoms with Crippen molar-refractivity contribution in [1.82, 2.24) is 0 Å².